The van der Waals surface area contributed by atoms with Gasteiger partial charge in [0.05, 0.1) is 17.9 Å². The molecule has 5 rings (SSSR count). The van der Waals surface area contributed by atoms with Gasteiger partial charge >= 0.3 is 0 Å². The van der Waals surface area contributed by atoms with Crippen LogP contribution in [0, 0.1) is 5.82 Å². The Kier molecular flexibility index (Phi) is 5.45. The quantitative estimate of drug-likeness (QED) is 0.495. The number of amides is 1. The Hall–Kier alpha value is -4.27. The van der Waals surface area contributed by atoms with Crippen LogP contribution >= 0.6 is 0 Å². The van der Waals surface area contributed by atoms with Crippen molar-refractivity contribution in [1.29, 1.82) is 0 Å². The van der Waals surface area contributed by atoms with Crippen molar-refractivity contribution in [1.82, 2.24) is 24.5 Å². The second-order valence-electron chi connectivity index (χ2n) is 8.32. The summed E-state index contributed by atoms with van der Waals surface area (Å²) in [5, 5.41) is 7.71. The van der Waals surface area contributed by atoms with Gasteiger partial charge in [-0.3, -0.25) is 9.59 Å². The maximum atomic E-state index is 14.1. The number of hydrogen-bond donors (Lipinski definition) is 1. The van der Waals surface area contributed by atoms with Crippen molar-refractivity contribution >= 4 is 23.4 Å². The molecule has 0 unspecified atom stereocenters. The highest BCUT2D eigenvalue weighted by atomic mass is 19.1. The molecule has 34 heavy (non-hydrogen) atoms. The molecule has 3 aromatic heterocycles. The third-order valence-electron chi connectivity index (χ3n) is 6.12. The van der Waals surface area contributed by atoms with E-state index in [1.54, 1.807) is 42.2 Å². The zero-order valence-corrected chi connectivity index (χ0v) is 18.6. The number of halogens is 1. The van der Waals surface area contributed by atoms with Crippen LogP contribution in [0.1, 0.15) is 35.5 Å². The number of aryl methyl sites for hydroxylation is 1. The third kappa shape index (κ3) is 3.85. The smallest absolute Gasteiger partial charge is 0.263 e. The number of imidazole rings is 1. The molecule has 0 bridgehead atoms. The van der Waals surface area contributed by atoms with Crippen molar-refractivity contribution in [2.75, 3.05) is 11.4 Å². The first kappa shape index (κ1) is 21.6. The zero-order chi connectivity index (χ0) is 23.8. The molecule has 8 nitrogen and oxygen atoms in total. The monoisotopic (exact) mass is 460 g/mol. The number of carbonyl (C=O) groups excluding carboxylic acids is 1. The van der Waals surface area contributed by atoms with E-state index in [1.165, 1.54) is 22.8 Å². The van der Waals surface area contributed by atoms with Crippen LogP contribution in [-0.2, 0) is 7.05 Å². The van der Waals surface area contributed by atoms with E-state index in [9.17, 15) is 14.0 Å². The lowest BCUT2D eigenvalue weighted by Crippen LogP contribution is -2.40. The summed E-state index contributed by atoms with van der Waals surface area (Å²) in [5.74, 6) is -0.0991. The predicted octanol–water partition coefficient (Wildman–Crippen LogP) is 3.21. The topological polar surface area (TPSA) is 84.5 Å². The van der Waals surface area contributed by atoms with Crippen molar-refractivity contribution < 1.29 is 10.6 Å². The van der Waals surface area contributed by atoms with Gasteiger partial charge in [-0.2, -0.15) is 0 Å². The average Bonchev–Trinajstić information content (AvgIpc) is 3.44. The van der Waals surface area contributed by atoms with Gasteiger partial charge in [-0.25, -0.2) is 13.9 Å². The van der Waals surface area contributed by atoms with Gasteiger partial charge in [-0.15, -0.1) is 5.10 Å². The van der Waals surface area contributed by atoms with E-state index >= 15 is 0 Å². The molecule has 1 amide bonds. The second kappa shape index (κ2) is 8.58. The highest BCUT2D eigenvalue weighted by Crippen LogP contribution is 2.36. The van der Waals surface area contributed by atoms with Gasteiger partial charge in [-0.1, -0.05) is 18.7 Å². The highest BCUT2D eigenvalue weighted by molar-refractivity contribution is 5.94. The van der Waals surface area contributed by atoms with E-state index in [-0.39, 0.29) is 30.5 Å². The SMILES string of the molecule is C=Cc1cnc2ccc(N3C[C@@H](NC(=O)c4cccn(C)c4=O)C[C@@H]3c3cccc(F)c3)nn12.[HH]. The number of hydrogen-bond acceptors (Lipinski definition) is 5. The molecule has 4 heterocycles. The van der Waals surface area contributed by atoms with Gasteiger partial charge in [0.25, 0.3) is 11.5 Å². The normalized spacial score (nSPS) is 17.8. The molecular weight excluding hydrogens is 435 g/mol. The number of fused-ring (bicyclic) bond motifs is 1. The summed E-state index contributed by atoms with van der Waals surface area (Å²) in [6.45, 7) is 4.25. The molecule has 4 aromatic rings. The Morgan fingerprint density at radius 3 is 2.91 bits per heavy atom. The number of benzene rings is 1. The molecule has 174 valence electrons. The van der Waals surface area contributed by atoms with Gasteiger partial charge < -0.3 is 14.8 Å². The summed E-state index contributed by atoms with van der Waals surface area (Å²) in [6, 6.07) is 12.8. The standard InChI is InChI=1S/C25H23FN6O2.H2/c1-3-19-14-27-22-9-10-23(29-32(19)22)31-15-18(13-21(31)16-6-4-7-17(26)12-16)28-24(33)20-8-5-11-30(2)25(20)34;/h3-12,14,18,21H,1,13,15H2,2H3,(H,28,33);1H/t18-,21+;/m0./s1. The molecular formula is C25H25FN6O2. The lowest BCUT2D eigenvalue weighted by Gasteiger charge is -2.26. The summed E-state index contributed by atoms with van der Waals surface area (Å²) in [5.41, 5.74) is 1.94. The van der Waals surface area contributed by atoms with Crippen molar-refractivity contribution in [2.45, 2.75) is 18.5 Å². The first-order valence-corrected chi connectivity index (χ1v) is 10.9. The average molecular weight is 461 g/mol. The summed E-state index contributed by atoms with van der Waals surface area (Å²) in [6.07, 6.45) is 5.50. The Labute approximate surface area is 196 Å². The van der Waals surface area contributed by atoms with Crippen LogP contribution in [0.25, 0.3) is 11.7 Å². The molecule has 1 aliphatic rings. The van der Waals surface area contributed by atoms with Gasteiger partial charge in [0, 0.05) is 27.3 Å². The highest BCUT2D eigenvalue weighted by Gasteiger charge is 2.35. The van der Waals surface area contributed by atoms with Gasteiger partial charge in [0.2, 0.25) is 0 Å². The van der Waals surface area contributed by atoms with Crippen LogP contribution in [0.2, 0.25) is 0 Å². The number of pyridine rings is 1. The van der Waals surface area contributed by atoms with Crippen LogP contribution in [0.4, 0.5) is 10.2 Å². The third-order valence-corrected chi connectivity index (χ3v) is 6.12. The minimum atomic E-state index is -0.432. The van der Waals surface area contributed by atoms with Crippen LogP contribution < -0.4 is 15.8 Å². The van der Waals surface area contributed by atoms with Gasteiger partial charge in [0.15, 0.2) is 5.65 Å². The Morgan fingerprint density at radius 1 is 1.26 bits per heavy atom. The van der Waals surface area contributed by atoms with E-state index in [0.29, 0.717) is 24.4 Å². The number of rotatable bonds is 5. The molecule has 9 heteroatoms. The summed E-state index contributed by atoms with van der Waals surface area (Å²) >= 11 is 0. The molecule has 1 N–H and O–H groups in total. The first-order valence-electron chi connectivity index (χ1n) is 10.9. The molecule has 0 aliphatic carbocycles. The Balaban J connectivity index is 0.00000289. The molecule has 0 spiro atoms. The fraction of sp³-hybridized carbons (Fsp3) is 0.200. The van der Waals surface area contributed by atoms with Crippen molar-refractivity contribution in [3.05, 3.63) is 100 Å². The summed E-state index contributed by atoms with van der Waals surface area (Å²) in [7, 11) is 1.60. The van der Waals surface area contributed by atoms with E-state index in [2.05, 4.69) is 16.9 Å². The van der Waals surface area contributed by atoms with Crippen LogP contribution in [0.15, 0.2) is 72.3 Å². The van der Waals surface area contributed by atoms with Crippen LogP contribution in [-0.4, -0.2) is 37.7 Å². The van der Waals surface area contributed by atoms with Gasteiger partial charge in [0.1, 0.15) is 17.2 Å². The van der Waals surface area contributed by atoms with Crippen LogP contribution in [0.5, 0.6) is 0 Å². The molecule has 1 aliphatic heterocycles. The maximum Gasteiger partial charge on any atom is 0.263 e. The second-order valence-corrected chi connectivity index (χ2v) is 8.32. The number of nitrogens with one attached hydrogen (secondary N) is 1. The first-order chi connectivity index (χ1) is 16.4. The Morgan fingerprint density at radius 2 is 2.12 bits per heavy atom. The molecule has 1 saturated heterocycles. The lowest BCUT2D eigenvalue weighted by molar-refractivity contribution is 0.0937. The van der Waals surface area contributed by atoms with E-state index in [4.69, 9.17) is 5.10 Å². The van der Waals surface area contributed by atoms with E-state index < -0.39 is 5.91 Å². The van der Waals surface area contributed by atoms with Gasteiger partial charge in [-0.05, 0) is 54.5 Å². The largest absolute Gasteiger partial charge is 0.347 e. The van der Waals surface area contributed by atoms with Crippen molar-refractivity contribution in [3.8, 4) is 0 Å². The number of anilines is 1. The van der Waals surface area contributed by atoms with Crippen molar-refractivity contribution in [3.63, 3.8) is 0 Å². The minimum Gasteiger partial charge on any atom is -0.347 e. The van der Waals surface area contributed by atoms with E-state index in [1.807, 2.05) is 23.1 Å². The summed E-state index contributed by atoms with van der Waals surface area (Å²) in [4.78, 5) is 31.6. The molecule has 0 radical (unpaired) electrons. The summed E-state index contributed by atoms with van der Waals surface area (Å²) < 4.78 is 17.1. The molecule has 1 fully saturated rings. The fourth-order valence-electron chi connectivity index (χ4n) is 4.43. The number of aromatic nitrogens is 4. The minimum absolute atomic E-state index is 0. The molecule has 1 aromatic carbocycles. The number of nitrogens with zero attached hydrogens (tertiary/aromatic N) is 5. The van der Waals surface area contributed by atoms with Crippen molar-refractivity contribution in [2.24, 2.45) is 7.05 Å². The molecule has 0 saturated carbocycles. The maximum absolute atomic E-state index is 14.1. The van der Waals surface area contributed by atoms with E-state index in [0.717, 1.165) is 11.3 Å². The predicted molar refractivity (Wildman–Crippen MR) is 129 cm³/mol. The Bertz CT molecular complexity index is 1470. The zero-order valence-electron chi connectivity index (χ0n) is 18.6. The molecule has 2 atom stereocenters. The number of carbonyl (C=O) groups is 1. The fourth-order valence-corrected chi connectivity index (χ4v) is 4.43. The lowest BCUT2D eigenvalue weighted by atomic mass is 10.0. The van der Waals surface area contributed by atoms with Crippen LogP contribution in [0.3, 0.4) is 0 Å².